The van der Waals surface area contributed by atoms with Gasteiger partial charge in [0.2, 0.25) is 0 Å². The Bertz CT molecular complexity index is 663. The average molecular weight is 383 g/mol. The van der Waals surface area contributed by atoms with Crippen LogP contribution in [0, 0.1) is 5.92 Å². The van der Waals surface area contributed by atoms with Crippen molar-refractivity contribution in [2.75, 3.05) is 0 Å². The fourth-order valence-corrected chi connectivity index (χ4v) is 4.35. The molecule has 1 aliphatic rings. The van der Waals surface area contributed by atoms with Crippen LogP contribution in [0.3, 0.4) is 0 Å². The maximum atomic E-state index is 10.8. The van der Waals surface area contributed by atoms with Gasteiger partial charge in [0.05, 0.1) is 10.0 Å². The maximum Gasteiger partial charge on any atom is 0.142 e. The van der Waals surface area contributed by atoms with Crippen molar-refractivity contribution in [1.82, 2.24) is 0 Å². The van der Waals surface area contributed by atoms with Crippen LogP contribution < -0.4 is 0 Å². The normalized spacial score (nSPS) is 20.4. The summed E-state index contributed by atoms with van der Waals surface area (Å²) in [5, 5.41) is 22.1. The summed E-state index contributed by atoms with van der Waals surface area (Å²) in [6.07, 6.45) is 7.74. The summed E-state index contributed by atoms with van der Waals surface area (Å²) in [5.74, 6) is -0.0981. The van der Waals surface area contributed by atoms with Crippen molar-refractivity contribution in [3.8, 4) is 11.5 Å². The number of phenolic OH excluding ortho intramolecular Hbond substituents is 2. The second-order valence-corrected chi connectivity index (χ2v) is 7.96. The van der Waals surface area contributed by atoms with E-state index in [1.807, 2.05) is 6.92 Å². The van der Waals surface area contributed by atoms with E-state index in [0.29, 0.717) is 17.5 Å². The Balaban J connectivity index is 2.54. The molecule has 0 saturated carbocycles. The summed E-state index contributed by atoms with van der Waals surface area (Å²) < 4.78 is 0. The lowest BCUT2D eigenvalue weighted by molar-refractivity contribution is 0.406. The molecule has 2 atom stereocenters. The zero-order valence-electron chi connectivity index (χ0n) is 15.3. The highest BCUT2D eigenvalue weighted by Crippen LogP contribution is 2.52. The van der Waals surface area contributed by atoms with Gasteiger partial charge in [-0.25, -0.2) is 0 Å². The van der Waals surface area contributed by atoms with Crippen LogP contribution in [-0.4, -0.2) is 10.2 Å². The highest BCUT2D eigenvalue weighted by molar-refractivity contribution is 6.38. The molecule has 0 aromatic heterocycles. The first-order valence-electron chi connectivity index (χ1n) is 9.03. The molecule has 1 unspecified atom stereocenters. The van der Waals surface area contributed by atoms with E-state index in [4.69, 9.17) is 23.2 Å². The fraction of sp³-hybridized carbons (Fsp3) is 0.524. The molecule has 0 saturated heterocycles. The van der Waals surface area contributed by atoms with Crippen molar-refractivity contribution in [3.05, 3.63) is 45.0 Å². The summed E-state index contributed by atoms with van der Waals surface area (Å²) in [6, 6.07) is 0. The number of hydrogen-bond donors (Lipinski definition) is 2. The van der Waals surface area contributed by atoms with Gasteiger partial charge in [-0.1, -0.05) is 66.8 Å². The van der Waals surface area contributed by atoms with Crippen molar-refractivity contribution in [1.29, 1.82) is 0 Å². The van der Waals surface area contributed by atoms with E-state index in [0.717, 1.165) is 37.7 Å². The predicted molar refractivity (Wildman–Crippen MR) is 107 cm³/mol. The lowest BCUT2D eigenvalue weighted by Gasteiger charge is -2.32. The van der Waals surface area contributed by atoms with Crippen LogP contribution in [0.1, 0.15) is 69.9 Å². The molecule has 0 fully saturated rings. The van der Waals surface area contributed by atoms with Gasteiger partial charge in [0.1, 0.15) is 11.5 Å². The maximum absolute atomic E-state index is 10.8. The molecule has 1 aromatic carbocycles. The smallest absolute Gasteiger partial charge is 0.142 e. The number of benzene rings is 1. The molecule has 138 valence electrons. The number of unbranched alkanes of at least 4 members (excludes halogenated alkanes) is 2. The molecule has 0 heterocycles. The van der Waals surface area contributed by atoms with Gasteiger partial charge in [-0.3, -0.25) is 0 Å². The van der Waals surface area contributed by atoms with Crippen LogP contribution in [0.4, 0.5) is 0 Å². The number of aromatic hydroxyl groups is 2. The highest BCUT2D eigenvalue weighted by Gasteiger charge is 2.33. The van der Waals surface area contributed by atoms with E-state index in [1.54, 1.807) is 0 Å². The molecular formula is C21H28Cl2O2. The quantitative estimate of drug-likeness (QED) is 0.404. The minimum absolute atomic E-state index is 0.0442. The van der Waals surface area contributed by atoms with Crippen molar-refractivity contribution in [3.63, 3.8) is 0 Å². The Morgan fingerprint density at radius 1 is 1.20 bits per heavy atom. The Kier molecular flexibility index (Phi) is 6.87. The monoisotopic (exact) mass is 382 g/mol. The largest absolute Gasteiger partial charge is 0.506 e. The second kappa shape index (κ2) is 8.51. The van der Waals surface area contributed by atoms with Crippen molar-refractivity contribution >= 4 is 23.2 Å². The van der Waals surface area contributed by atoms with E-state index in [2.05, 4.69) is 26.5 Å². The van der Waals surface area contributed by atoms with Gasteiger partial charge in [-0.2, -0.15) is 0 Å². The molecule has 0 spiro atoms. The van der Waals surface area contributed by atoms with Crippen LogP contribution >= 0.6 is 23.2 Å². The number of allylic oxidation sites excluding steroid dienone is 3. The first kappa shape index (κ1) is 20.2. The van der Waals surface area contributed by atoms with Gasteiger partial charge in [0.15, 0.2) is 0 Å². The third kappa shape index (κ3) is 4.17. The van der Waals surface area contributed by atoms with Crippen molar-refractivity contribution < 1.29 is 10.2 Å². The molecule has 0 amide bonds. The van der Waals surface area contributed by atoms with Gasteiger partial charge in [-0.05, 0) is 51.0 Å². The summed E-state index contributed by atoms with van der Waals surface area (Å²) in [6.45, 7) is 10.3. The SMILES string of the molecule is C=C(C)C1CCC(C)=C[C@H]1c1c(O)c(Cl)c(CCCCC)c(Cl)c1O. The molecular weight excluding hydrogens is 355 g/mol. The minimum Gasteiger partial charge on any atom is -0.506 e. The topological polar surface area (TPSA) is 40.5 Å². The van der Waals surface area contributed by atoms with E-state index >= 15 is 0 Å². The molecule has 4 heteroatoms. The summed E-state index contributed by atoms with van der Waals surface area (Å²) in [7, 11) is 0. The third-order valence-electron chi connectivity index (χ3n) is 5.20. The van der Waals surface area contributed by atoms with Gasteiger partial charge in [0, 0.05) is 11.5 Å². The number of halogens is 2. The lowest BCUT2D eigenvalue weighted by atomic mass is 9.73. The Morgan fingerprint density at radius 2 is 1.80 bits per heavy atom. The van der Waals surface area contributed by atoms with E-state index in [1.165, 1.54) is 5.57 Å². The van der Waals surface area contributed by atoms with Crippen LogP contribution in [0.5, 0.6) is 11.5 Å². The first-order valence-corrected chi connectivity index (χ1v) is 9.79. The van der Waals surface area contributed by atoms with Gasteiger partial charge >= 0.3 is 0 Å². The Morgan fingerprint density at radius 3 is 2.32 bits per heavy atom. The second-order valence-electron chi connectivity index (χ2n) is 7.20. The molecule has 0 aliphatic heterocycles. The van der Waals surface area contributed by atoms with Crippen molar-refractivity contribution in [2.45, 2.75) is 65.2 Å². The number of phenols is 2. The molecule has 1 aromatic rings. The molecule has 2 N–H and O–H groups in total. The molecule has 0 radical (unpaired) electrons. The van der Waals surface area contributed by atoms with Gasteiger partial charge < -0.3 is 10.2 Å². The molecule has 2 rings (SSSR count). The predicted octanol–water partition coefficient (Wildman–Crippen LogP) is 7.15. The zero-order valence-corrected chi connectivity index (χ0v) is 16.8. The van der Waals surface area contributed by atoms with Crippen LogP contribution in [0.25, 0.3) is 0 Å². The fourth-order valence-electron chi connectivity index (χ4n) is 3.72. The summed E-state index contributed by atoms with van der Waals surface area (Å²) in [5.41, 5.74) is 3.34. The van der Waals surface area contributed by atoms with E-state index in [-0.39, 0.29) is 33.4 Å². The number of hydrogen-bond acceptors (Lipinski definition) is 2. The Labute approximate surface area is 161 Å². The van der Waals surface area contributed by atoms with Gasteiger partial charge in [0.25, 0.3) is 0 Å². The summed E-state index contributed by atoms with van der Waals surface area (Å²) in [4.78, 5) is 0. The van der Waals surface area contributed by atoms with E-state index in [9.17, 15) is 10.2 Å². The van der Waals surface area contributed by atoms with Crippen molar-refractivity contribution in [2.24, 2.45) is 5.92 Å². The van der Waals surface area contributed by atoms with E-state index < -0.39 is 0 Å². The van der Waals surface area contributed by atoms with Crippen LogP contribution in [-0.2, 0) is 6.42 Å². The molecule has 0 bridgehead atoms. The molecule has 25 heavy (non-hydrogen) atoms. The van der Waals surface area contributed by atoms with Crippen LogP contribution in [0.15, 0.2) is 23.8 Å². The Hall–Kier alpha value is -1.12. The summed E-state index contributed by atoms with van der Waals surface area (Å²) >= 11 is 12.9. The average Bonchev–Trinajstić information content (AvgIpc) is 2.56. The van der Waals surface area contributed by atoms with Gasteiger partial charge in [-0.15, -0.1) is 0 Å². The molecule has 1 aliphatic carbocycles. The highest BCUT2D eigenvalue weighted by atomic mass is 35.5. The van der Waals surface area contributed by atoms with Crippen LogP contribution in [0.2, 0.25) is 10.0 Å². The first-order chi connectivity index (χ1) is 11.8. The zero-order chi connectivity index (χ0) is 18.7. The number of rotatable bonds is 6. The minimum atomic E-state index is -0.161. The standard InChI is InChI=1S/C21H28Cl2O2/c1-5-6-7-8-15-18(22)20(24)17(21(25)19(15)23)16-11-13(4)9-10-14(16)12(2)3/h11,14,16,24-25H,2,5-10H2,1,3-4H3/t14?,16-/m1/s1. The molecule has 2 nitrogen and oxygen atoms in total. The lowest BCUT2D eigenvalue weighted by Crippen LogP contribution is -2.17. The third-order valence-corrected chi connectivity index (χ3v) is 6.01.